The van der Waals surface area contributed by atoms with Crippen LogP contribution in [-0.4, -0.2) is 23.3 Å². The molecule has 2 rings (SSSR count). The number of nitrogens with zero attached hydrogens (tertiary/aromatic N) is 1. The number of nitro groups is 1. The fourth-order valence-electron chi connectivity index (χ4n) is 1.57. The fraction of sp³-hybridized carbons (Fsp3) is 0.0769. The molecule has 0 fully saturated rings. The lowest BCUT2D eigenvalue weighted by Gasteiger charge is -2.06. The van der Waals surface area contributed by atoms with Crippen LogP contribution in [0.1, 0.15) is 10.6 Å². The first kappa shape index (κ1) is 16.1. The highest BCUT2D eigenvalue weighted by Gasteiger charge is 2.17. The van der Waals surface area contributed by atoms with Gasteiger partial charge in [-0.25, -0.2) is 8.78 Å². The van der Waals surface area contributed by atoms with E-state index in [2.05, 4.69) is 15.1 Å². The molecular weight excluding hydrogens is 316 g/mol. The Morgan fingerprint density at radius 3 is 2.52 bits per heavy atom. The Bertz CT molecular complexity index is 775. The van der Waals surface area contributed by atoms with E-state index < -0.39 is 40.8 Å². The molecule has 0 saturated heterocycles. The summed E-state index contributed by atoms with van der Waals surface area (Å²) in [5.41, 5.74) is 0.0109. The zero-order chi connectivity index (χ0) is 17.0. The molecule has 120 valence electrons. The Hall–Kier alpha value is -3.30. The highest BCUT2D eigenvalue weighted by Crippen LogP contribution is 2.15. The fourth-order valence-corrected chi connectivity index (χ4v) is 1.57. The summed E-state index contributed by atoms with van der Waals surface area (Å²) >= 11 is 0. The summed E-state index contributed by atoms with van der Waals surface area (Å²) in [7, 11) is 0. The number of nitrogens with one attached hydrogen (secondary N) is 2. The molecule has 0 bridgehead atoms. The van der Waals surface area contributed by atoms with Crippen LogP contribution in [0.5, 0.6) is 0 Å². The van der Waals surface area contributed by atoms with Crippen molar-refractivity contribution in [3.05, 3.63) is 57.8 Å². The highest BCUT2D eigenvalue weighted by atomic mass is 19.2. The second kappa shape index (κ2) is 6.64. The van der Waals surface area contributed by atoms with E-state index >= 15 is 0 Å². The molecule has 10 heteroatoms. The number of carbonyl (C=O) groups is 2. The smallest absolute Gasteiger partial charge is 0.395 e. The first-order valence-electron chi connectivity index (χ1n) is 6.14. The molecule has 0 aliphatic carbocycles. The minimum atomic E-state index is -1.13. The summed E-state index contributed by atoms with van der Waals surface area (Å²) in [6.07, 6.45) is 0. The Balaban J connectivity index is 1.89. The van der Waals surface area contributed by atoms with Crippen molar-refractivity contribution in [1.29, 1.82) is 0 Å². The largest absolute Gasteiger partial charge is 0.433 e. The lowest BCUT2D eigenvalue weighted by Crippen LogP contribution is -2.32. The zero-order valence-electron chi connectivity index (χ0n) is 11.3. The van der Waals surface area contributed by atoms with Gasteiger partial charge in [-0.15, -0.1) is 0 Å². The number of rotatable bonds is 5. The third-order valence-electron chi connectivity index (χ3n) is 2.61. The first-order chi connectivity index (χ1) is 10.9. The van der Waals surface area contributed by atoms with Gasteiger partial charge in [-0.3, -0.25) is 19.7 Å². The monoisotopic (exact) mass is 325 g/mol. The van der Waals surface area contributed by atoms with Crippen molar-refractivity contribution in [2.75, 3.05) is 11.9 Å². The van der Waals surface area contributed by atoms with Crippen LogP contribution in [0.15, 0.2) is 34.7 Å². The molecule has 23 heavy (non-hydrogen) atoms. The van der Waals surface area contributed by atoms with Crippen LogP contribution >= 0.6 is 0 Å². The molecular formula is C13H9F2N3O5. The van der Waals surface area contributed by atoms with Crippen molar-refractivity contribution in [2.24, 2.45) is 0 Å². The van der Waals surface area contributed by atoms with Gasteiger partial charge in [0, 0.05) is 11.8 Å². The molecule has 0 aliphatic heterocycles. The van der Waals surface area contributed by atoms with Crippen molar-refractivity contribution in [3.8, 4) is 0 Å². The third kappa shape index (κ3) is 4.09. The highest BCUT2D eigenvalue weighted by molar-refractivity contribution is 5.98. The number of amides is 2. The molecule has 0 atom stereocenters. The van der Waals surface area contributed by atoms with Crippen molar-refractivity contribution in [2.45, 2.75) is 0 Å². The summed E-state index contributed by atoms with van der Waals surface area (Å²) in [6.45, 7) is -0.494. The first-order valence-corrected chi connectivity index (χ1v) is 6.14. The maximum Gasteiger partial charge on any atom is 0.433 e. The van der Waals surface area contributed by atoms with Crippen molar-refractivity contribution < 1.29 is 27.7 Å². The van der Waals surface area contributed by atoms with Crippen LogP contribution in [0.25, 0.3) is 0 Å². The van der Waals surface area contributed by atoms with Gasteiger partial charge in [0.25, 0.3) is 5.91 Å². The molecule has 0 aliphatic rings. The van der Waals surface area contributed by atoms with Crippen LogP contribution in [0.3, 0.4) is 0 Å². The van der Waals surface area contributed by atoms with Gasteiger partial charge in [0.05, 0.1) is 12.6 Å². The Kier molecular flexibility index (Phi) is 4.64. The predicted molar refractivity (Wildman–Crippen MR) is 72.7 cm³/mol. The van der Waals surface area contributed by atoms with Gasteiger partial charge < -0.3 is 15.1 Å². The van der Waals surface area contributed by atoms with Gasteiger partial charge in [0.1, 0.15) is 4.92 Å². The summed E-state index contributed by atoms with van der Waals surface area (Å²) in [6, 6.07) is 4.85. The maximum absolute atomic E-state index is 13.0. The molecule has 0 radical (unpaired) electrons. The Labute approximate surface area is 127 Å². The molecule has 1 heterocycles. The van der Waals surface area contributed by atoms with Crippen molar-refractivity contribution in [1.82, 2.24) is 5.32 Å². The Morgan fingerprint density at radius 2 is 1.91 bits per heavy atom. The Morgan fingerprint density at radius 1 is 1.17 bits per heavy atom. The van der Waals surface area contributed by atoms with E-state index in [-0.39, 0.29) is 11.4 Å². The third-order valence-corrected chi connectivity index (χ3v) is 2.61. The maximum atomic E-state index is 13.0. The lowest BCUT2D eigenvalue weighted by atomic mass is 10.3. The molecule has 2 aromatic rings. The second-order valence-electron chi connectivity index (χ2n) is 4.25. The summed E-state index contributed by atoms with van der Waals surface area (Å²) in [4.78, 5) is 32.8. The van der Waals surface area contributed by atoms with Gasteiger partial charge in [-0.1, -0.05) is 0 Å². The van der Waals surface area contributed by atoms with Crippen LogP contribution in [-0.2, 0) is 4.79 Å². The van der Waals surface area contributed by atoms with Crippen LogP contribution < -0.4 is 10.6 Å². The number of hydrogen-bond acceptors (Lipinski definition) is 5. The molecule has 1 aromatic heterocycles. The predicted octanol–water partition coefficient (Wildman–Crippen LogP) is 1.83. The number of hydrogen-bond donors (Lipinski definition) is 2. The number of halogens is 2. The van der Waals surface area contributed by atoms with E-state index in [4.69, 9.17) is 0 Å². The van der Waals surface area contributed by atoms with Crippen molar-refractivity contribution >= 4 is 23.4 Å². The van der Waals surface area contributed by atoms with E-state index in [1.807, 2.05) is 0 Å². The van der Waals surface area contributed by atoms with Crippen LogP contribution in [0.4, 0.5) is 20.4 Å². The summed E-state index contributed by atoms with van der Waals surface area (Å²) in [5.74, 6) is -4.67. The van der Waals surface area contributed by atoms with Gasteiger partial charge in [-0.2, -0.15) is 0 Å². The molecule has 0 unspecified atom stereocenters. The molecule has 0 spiro atoms. The van der Waals surface area contributed by atoms with E-state index in [9.17, 15) is 28.5 Å². The minimum absolute atomic E-state index is 0.0109. The minimum Gasteiger partial charge on any atom is -0.395 e. The molecule has 1 aromatic carbocycles. The van der Waals surface area contributed by atoms with E-state index in [0.717, 1.165) is 30.3 Å². The van der Waals surface area contributed by atoms with Crippen molar-refractivity contribution in [3.63, 3.8) is 0 Å². The van der Waals surface area contributed by atoms with Crippen LogP contribution in [0.2, 0.25) is 0 Å². The zero-order valence-corrected chi connectivity index (χ0v) is 11.3. The SMILES string of the molecule is O=C(CNC(=O)c1ccc([N+](=O)[O-])o1)Nc1ccc(F)c(F)c1. The topological polar surface area (TPSA) is 114 Å². The van der Waals surface area contributed by atoms with Crippen LogP contribution in [0, 0.1) is 21.7 Å². The average molecular weight is 325 g/mol. The summed E-state index contributed by atoms with van der Waals surface area (Å²) < 4.78 is 30.4. The molecule has 2 amide bonds. The normalized spacial score (nSPS) is 10.2. The number of anilines is 1. The summed E-state index contributed by atoms with van der Waals surface area (Å²) in [5, 5.41) is 14.8. The quantitative estimate of drug-likeness (QED) is 0.643. The molecule has 0 saturated carbocycles. The van der Waals surface area contributed by atoms with Gasteiger partial charge in [-0.05, 0) is 18.2 Å². The van der Waals surface area contributed by atoms with E-state index in [0.29, 0.717) is 0 Å². The number of furan rings is 1. The molecule has 8 nitrogen and oxygen atoms in total. The van der Waals surface area contributed by atoms with Gasteiger partial charge in [0.2, 0.25) is 5.91 Å². The van der Waals surface area contributed by atoms with E-state index in [1.165, 1.54) is 0 Å². The number of benzene rings is 1. The van der Waals surface area contributed by atoms with E-state index in [1.54, 1.807) is 0 Å². The average Bonchev–Trinajstić information content (AvgIpc) is 2.99. The standard InChI is InChI=1S/C13H9F2N3O5/c14-8-2-1-7(5-9(8)15)17-11(19)6-16-13(20)10-3-4-12(23-10)18(21)22/h1-5H,6H2,(H,16,20)(H,17,19). The van der Waals surface area contributed by atoms with Gasteiger partial charge >= 0.3 is 5.88 Å². The second-order valence-corrected chi connectivity index (χ2v) is 4.25. The lowest BCUT2D eigenvalue weighted by molar-refractivity contribution is -0.402. The van der Waals surface area contributed by atoms with Gasteiger partial charge in [0.15, 0.2) is 17.4 Å². The molecule has 2 N–H and O–H groups in total. The number of carbonyl (C=O) groups excluding carboxylic acids is 2.